The molecule has 0 saturated heterocycles. The first-order valence-corrected chi connectivity index (χ1v) is 7.16. The van der Waals surface area contributed by atoms with Gasteiger partial charge in [-0.15, -0.1) is 0 Å². The molecular formula is C5H12VW-2. The Morgan fingerprint density at radius 3 is 1.14 bits per heavy atom. The Balaban J connectivity index is -0.0000000105. The van der Waals surface area contributed by atoms with Crippen molar-refractivity contribution in [1.29, 1.82) is 0 Å². The zero-order valence-electron chi connectivity index (χ0n) is 4.98. The second kappa shape index (κ2) is 55.4. The van der Waals surface area contributed by atoms with Crippen LogP contribution in [0.5, 0.6) is 0 Å². The van der Waals surface area contributed by atoms with Crippen LogP contribution in [0, 0.1) is 28.7 Å². The van der Waals surface area contributed by atoms with Crippen LogP contribution in [0.3, 0.4) is 0 Å². The molecule has 0 fully saturated rings. The van der Waals surface area contributed by atoms with E-state index < -0.39 is 0 Å². The van der Waals surface area contributed by atoms with E-state index in [9.17, 15) is 0 Å². The molecule has 0 N–H and O–H groups in total. The SMILES string of the molecule is [CH2-]C[CH2-].[CH3-].[CH3-].[V+2]=[W]. The average Bonchev–Trinajstić information content (AvgIpc) is 1.46. The van der Waals surface area contributed by atoms with Crippen LogP contribution in [0.1, 0.15) is 6.42 Å². The van der Waals surface area contributed by atoms with E-state index >= 15 is 0 Å². The summed E-state index contributed by atoms with van der Waals surface area (Å²) in [5, 5.41) is 0. The van der Waals surface area contributed by atoms with Crippen molar-refractivity contribution in [2.24, 2.45) is 0 Å². The zero-order chi connectivity index (χ0) is 4.71. The Labute approximate surface area is 65.9 Å². The summed E-state index contributed by atoms with van der Waals surface area (Å²) in [6, 6.07) is 0. The molecule has 0 aliphatic heterocycles. The Morgan fingerprint density at radius 1 is 1.14 bits per heavy atom. The van der Waals surface area contributed by atoms with Crippen molar-refractivity contribution < 1.29 is 30.9 Å². The van der Waals surface area contributed by atoms with E-state index in [0.717, 1.165) is 6.42 Å². The minimum atomic E-state index is 0. The van der Waals surface area contributed by atoms with Crippen LogP contribution in [0.25, 0.3) is 0 Å². The van der Waals surface area contributed by atoms with E-state index in [0.29, 0.717) is 0 Å². The average molecular weight is 307 g/mol. The molecule has 0 spiro atoms. The molecule has 7 heavy (non-hydrogen) atoms. The van der Waals surface area contributed by atoms with Gasteiger partial charge in [-0.05, 0) is 0 Å². The van der Waals surface area contributed by atoms with E-state index in [1.807, 2.05) is 0 Å². The van der Waals surface area contributed by atoms with E-state index in [1.165, 1.54) is 16.8 Å². The van der Waals surface area contributed by atoms with E-state index in [2.05, 4.69) is 27.9 Å². The quantitative estimate of drug-likeness (QED) is 0.600. The summed E-state index contributed by atoms with van der Waals surface area (Å²) in [6.07, 6.45) is 0.750. The Kier molecular flexibility index (Phi) is 190. The molecule has 0 saturated carbocycles. The fraction of sp³-hybridized carbons (Fsp3) is 0.200. The first-order valence-electron chi connectivity index (χ1n) is 1.18. The predicted molar refractivity (Wildman–Crippen MR) is 28.2 cm³/mol. The summed E-state index contributed by atoms with van der Waals surface area (Å²) in [5.74, 6) is 0. The fourth-order valence-electron chi connectivity index (χ4n) is 0. The second-order valence-electron chi connectivity index (χ2n) is 0.354. The van der Waals surface area contributed by atoms with Gasteiger partial charge in [-0.3, -0.25) is 0 Å². The van der Waals surface area contributed by atoms with Crippen LogP contribution in [0.15, 0.2) is 0 Å². The summed E-state index contributed by atoms with van der Waals surface area (Å²) in [5.41, 5.74) is 0. The molecule has 0 heterocycles. The minimum absolute atomic E-state index is 0. The maximum atomic E-state index is 3.38. The van der Waals surface area contributed by atoms with Gasteiger partial charge < -0.3 is 35.1 Å². The molecule has 0 unspecified atom stereocenters. The van der Waals surface area contributed by atoms with Gasteiger partial charge in [-0.1, -0.05) is 0 Å². The zero-order valence-corrected chi connectivity index (χ0v) is 9.31. The molecule has 0 atom stereocenters. The van der Waals surface area contributed by atoms with Gasteiger partial charge in [0.25, 0.3) is 0 Å². The molecule has 0 aromatic heterocycles. The third kappa shape index (κ3) is 125. The van der Waals surface area contributed by atoms with Crippen molar-refractivity contribution in [3.05, 3.63) is 28.7 Å². The fourth-order valence-corrected chi connectivity index (χ4v) is 0. The van der Waals surface area contributed by atoms with Gasteiger partial charge in [0.1, 0.15) is 0 Å². The van der Waals surface area contributed by atoms with Crippen molar-refractivity contribution in [2.45, 2.75) is 6.42 Å². The predicted octanol–water partition coefficient (Wildman–Crippen LogP) is 1.94. The molecule has 0 aromatic rings. The summed E-state index contributed by atoms with van der Waals surface area (Å²) in [7, 11) is 0. The second-order valence-corrected chi connectivity index (χ2v) is 0.354. The van der Waals surface area contributed by atoms with E-state index in [-0.39, 0.29) is 14.9 Å². The van der Waals surface area contributed by atoms with Gasteiger partial charge in [0.2, 0.25) is 0 Å². The van der Waals surface area contributed by atoms with Crippen molar-refractivity contribution in [1.82, 2.24) is 0 Å². The van der Waals surface area contributed by atoms with Crippen molar-refractivity contribution in [3.8, 4) is 0 Å². The van der Waals surface area contributed by atoms with Crippen LogP contribution >= 0.6 is 0 Å². The first kappa shape index (κ1) is 24.0. The third-order valence-corrected chi connectivity index (χ3v) is 0. The van der Waals surface area contributed by atoms with Crippen LogP contribution in [-0.2, 0) is 30.9 Å². The maximum absolute atomic E-state index is 3.38. The topological polar surface area (TPSA) is 0 Å². The first-order chi connectivity index (χ1) is 2.41. The molecule has 0 bridgehead atoms. The standard InChI is InChI=1S/C3H6.2CH3.V.W/c1-3-2;;;;/h1-3H2;2*1H3;;/q-2;2*-1;+2;. The van der Waals surface area contributed by atoms with Crippen LogP contribution in [0.2, 0.25) is 0 Å². The molecule has 2 heteroatoms. The summed E-state index contributed by atoms with van der Waals surface area (Å²) in [6.45, 7) is 6.75. The van der Waals surface area contributed by atoms with Crippen LogP contribution in [0.4, 0.5) is 0 Å². The molecule has 0 aliphatic carbocycles. The molecule has 0 nitrogen and oxygen atoms in total. The van der Waals surface area contributed by atoms with E-state index in [1.54, 1.807) is 0 Å². The molecule has 0 aromatic carbocycles. The van der Waals surface area contributed by atoms with Crippen LogP contribution < -0.4 is 0 Å². The molecule has 0 aliphatic rings. The van der Waals surface area contributed by atoms with Crippen LogP contribution in [-0.4, -0.2) is 0 Å². The molecule has 0 radical (unpaired) electrons. The van der Waals surface area contributed by atoms with E-state index in [4.69, 9.17) is 0 Å². The Hall–Kier alpha value is 1.27. The van der Waals surface area contributed by atoms with Gasteiger partial charge in [0.15, 0.2) is 0 Å². The molecule has 0 rings (SSSR count). The summed E-state index contributed by atoms with van der Waals surface area (Å²) in [4.78, 5) is 0. The van der Waals surface area contributed by atoms with Gasteiger partial charge in [0.05, 0.1) is 0 Å². The van der Waals surface area contributed by atoms with Gasteiger partial charge in [0, 0.05) is 0 Å². The molecular weight excluding hydrogens is 295 g/mol. The third-order valence-electron chi connectivity index (χ3n) is 0. The summed E-state index contributed by atoms with van der Waals surface area (Å²) < 4.78 is 0. The number of hydrogen-bond donors (Lipinski definition) is 0. The Morgan fingerprint density at radius 2 is 1.14 bits per heavy atom. The number of rotatable bonds is 0. The molecule has 45 valence electrons. The molecule has 0 amide bonds. The normalized spacial score (nSPS) is 3.43. The van der Waals surface area contributed by atoms with Gasteiger partial charge >= 0.3 is 30.9 Å². The van der Waals surface area contributed by atoms with Crippen molar-refractivity contribution in [2.75, 3.05) is 0 Å². The Bertz CT molecular complexity index is 12.0. The van der Waals surface area contributed by atoms with Crippen molar-refractivity contribution >= 4 is 0 Å². The monoisotopic (exact) mass is 307 g/mol. The van der Waals surface area contributed by atoms with Gasteiger partial charge in [-0.25, -0.2) is 0 Å². The summed E-state index contributed by atoms with van der Waals surface area (Å²) >= 11 is 3.92. The van der Waals surface area contributed by atoms with Gasteiger partial charge in [-0.2, -0.15) is 0 Å². The van der Waals surface area contributed by atoms with Crippen molar-refractivity contribution in [3.63, 3.8) is 0 Å². The number of hydrogen-bond acceptors (Lipinski definition) is 0.